The molecule has 0 saturated heterocycles. The number of benzene rings is 1. The van der Waals surface area contributed by atoms with Crippen molar-refractivity contribution in [3.8, 4) is 5.75 Å². The van der Waals surface area contributed by atoms with Gasteiger partial charge in [-0.25, -0.2) is 4.99 Å². The third-order valence-electron chi connectivity index (χ3n) is 4.46. The number of hydrogen-bond donors (Lipinski definition) is 2. The van der Waals surface area contributed by atoms with Gasteiger partial charge in [0.25, 0.3) is 0 Å². The van der Waals surface area contributed by atoms with Gasteiger partial charge >= 0.3 is 0 Å². The molecule has 7 nitrogen and oxygen atoms in total. The molecule has 0 aliphatic rings. The summed E-state index contributed by atoms with van der Waals surface area (Å²) in [6.45, 7) is 12.4. The van der Waals surface area contributed by atoms with Crippen LogP contribution in [0.1, 0.15) is 35.9 Å². The van der Waals surface area contributed by atoms with E-state index in [1.807, 2.05) is 6.92 Å². The van der Waals surface area contributed by atoms with Crippen molar-refractivity contribution in [1.82, 2.24) is 20.4 Å². The molecule has 0 atom stereocenters. The smallest absolute Gasteiger partial charge is 0.191 e. The van der Waals surface area contributed by atoms with Crippen LogP contribution < -0.4 is 15.4 Å². The summed E-state index contributed by atoms with van der Waals surface area (Å²) in [5, 5.41) is 11.2. The quantitative estimate of drug-likeness (QED) is 0.344. The lowest BCUT2D eigenvalue weighted by atomic mass is 10.1. The fourth-order valence-electron chi connectivity index (χ4n) is 3.00. The summed E-state index contributed by atoms with van der Waals surface area (Å²) in [5.74, 6) is 1.68. The first-order valence-electron chi connectivity index (χ1n) is 10.3. The molecule has 0 spiro atoms. The lowest BCUT2D eigenvalue weighted by Crippen LogP contribution is -2.38. The van der Waals surface area contributed by atoms with Gasteiger partial charge in [-0.2, -0.15) is 5.10 Å². The van der Waals surface area contributed by atoms with Crippen LogP contribution in [0.3, 0.4) is 0 Å². The molecule has 0 unspecified atom stereocenters. The molecule has 1 aromatic heterocycles. The Kier molecular flexibility index (Phi) is 9.50. The van der Waals surface area contributed by atoms with Crippen LogP contribution in [-0.2, 0) is 17.8 Å². The lowest BCUT2D eigenvalue weighted by Gasteiger charge is -2.14. The molecule has 29 heavy (non-hydrogen) atoms. The summed E-state index contributed by atoms with van der Waals surface area (Å²) in [6.07, 6.45) is 0.974. The molecule has 0 aliphatic carbocycles. The van der Waals surface area contributed by atoms with E-state index < -0.39 is 0 Å². The highest BCUT2D eigenvalue weighted by Gasteiger charge is 2.06. The fourth-order valence-corrected chi connectivity index (χ4v) is 3.00. The van der Waals surface area contributed by atoms with Gasteiger partial charge in [-0.3, -0.25) is 4.68 Å². The zero-order valence-electron chi connectivity index (χ0n) is 18.4. The van der Waals surface area contributed by atoms with Crippen molar-refractivity contribution >= 4 is 5.96 Å². The number of nitrogens with one attached hydrogen (secondary N) is 2. The van der Waals surface area contributed by atoms with E-state index in [1.54, 1.807) is 7.11 Å². The Labute approximate surface area is 174 Å². The Morgan fingerprint density at radius 2 is 1.97 bits per heavy atom. The molecule has 2 aromatic rings. The van der Waals surface area contributed by atoms with Gasteiger partial charge in [-0.15, -0.1) is 0 Å². The zero-order chi connectivity index (χ0) is 21.1. The molecule has 1 heterocycles. The molecule has 0 radical (unpaired) electrons. The van der Waals surface area contributed by atoms with E-state index in [0.29, 0.717) is 19.8 Å². The number of aryl methyl sites for hydroxylation is 4. The summed E-state index contributed by atoms with van der Waals surface area (Å²) in [5.41, 5.74) is 4.49. The van der Waals surface area contributed by atoms with E-state index in [9.17, 15) is 0 Å². The van der Waals surface area contributed by atoms with E-state index in [4.69, 9.17) is 14.5 Å². The Hall–Kier alpha value is -2.54. The van der Waals surface area contributed by atoms with Crippen LogP contribution in [0.5, 0.6) is 5.75 Å². The Morgan fingerprint density at radius 3 is 2.66 bits per heavy atom. The minimum atomic E-state index is 0.529. The summed E-state index contributed by atoms with van der Waals surface area (Å²) in [6, 6.07) is 8.32. The summed E-state index contributed by atoms with van der Waals surface area (Å²) >= 11 is 0. The average Bonchev–Trinajstić information content (AvgIpc) is 3.01. The van der Waals surface area contributed by atoms with Gasteiger partial charge in [0.15, 0.2) is 5.96 Å². The van der Waals surface area contributed by atoms with E-state index >= 15 is 0 Å². The van der Waals surface area contributed by atoms with Gasteiger partial charge in [0.1, 0.15) is 12.4 Å². The second kappa shape index (κ2) is 12.1. The molecule has 0 amide bonds. The van der Waals surface area contributed by atoms with E-state index in [0.717, 1.165) is 49.0 Å². The van der Waals surface area contributed by atoms with Crippen molar-refractivity contribution in [3.05, 3.63) is 46.8 Å². The highest BCUT2D eigenvalue weighted by atomic mass is 16.5. The number of ether oxygens (including phenoxy) is 2. The second-order valence-corrected chi connectivity index (χ2v) is 7.08. The Bertz CT molecular complexity index is 786. The van der Waals surface area contributed by atoms with Crippen molar-refractivity contribution in [2.75, 3.05) is 33.4 Å². The molecule has 0 bridgehead atoms. The number of guanidine groups is 1. The minimum absolute atomic E-state index is 0.529. The van der Waals surface area contributed by atoms with Crippen LogP contribution in [0.25, 0.3) is 0 Å². The second-order valence-electron chi connectivity index (χ2n) is 7.08. The number of rotatable bonds is 11. The van der Waals surface area contributed by atoms with Crippen LogP contribution in [0, 0.1) is 20.8 Å². The van der Waals surface area contributed by atoms with Crippen LogP contribution >= 0.6 is 0 Å². The summed E-state index contributed by atoms with van der Waals surface area (Å²) in [4.78, 5) is 4.73. The third kappa shape index (κ3) is 7.77. The minimum Gasteiger partial charge on any atom is -0.491 e. The fraction of sp³-hybridized carbons (Fsp3) is 0.545. The molecule has 7 heteroatoms. The molecular formula is C22H35N5O2. The topological polar surface area (TPSA) is 72.7 Å². The maximum Gasteiger partial charge on any atom is 0.191 e. The summed E-state index contributed by atoms with van der Waals surface area (Å²) < 4.78 is 13.0. The maximum atomic E-state index is 5.87. The Morgan fingerprint density at radius 1 is 1.14 bits per heavy atom. The van der Waals surface area contributed by atoms with E-state index in [-0.39, 0.29) is 0 Å². The van der Waals surface area contributed by atoms with Crippen LogP contribution in [0.4, 0.5) is 0 Å². The standard InChI is InChI=1S/C22H35N5O2/c1-6-23-22(24-10-7-11-27-19(4)15-18(3)26-27)25-16-20-9-8-17(2)14-21(20)29-13-12-28-5/h8-9,14-15H,6-7,10-13,16H2,1-5H3,(H2,23,24,25). The highest BCUT2D eigenvalue weighted by Crippen LogP contribution is 2.21. The monoisotopic (exact) mass is 401 g/mol. The molecule has 1 aromatic carbocycles. The van der Waals surface area contributed by atoms with Crippen molar-refractivity contribution in [2.24, 2.45) is 4.99 Å². The Balaban J connectivity index is 1.91. The predicted octanol–water partition coefficient (Wildman–Crippen LogP) is 2.98. The van der Waals surface area contributed by atoms with Crippen molar-refractivity contribution in [3.63, 3.8) is 0 Å². The molecular weight excluding hydrogens is 366 g/mol. The number of aromatic nitrogens is 2. The molecule has 160 valence electrons. The van der Waals surface area contributed by atoms with Gasteiger partial charge in [-0.1, -0.05) is 12.1 Å². The first kappa shape index (κ1) is 22.7. The van der Waals surface area contributed by atoms with Gasteiger partial charge in [-0.05, 0) is 51.8 Å². The average molecular weight is 402 g/mol. The number of methoxy groups -OCH3 is 1. The third-order valence-corrected chi connectivity index (χ3v) is 4.46. The molecule has 2 N–H and O–H groups in total. The molecule has 0 saturated carbocycles. The highest BCUT2D eigenvalue weighted by molar-refractivity contribution is 5.79. The number of nitrogens with zero attached hydrogens (tertiary/aromatic N) is 3. The molecule has 0 fully saturated rings. The number of hydrogen-bond acceptors (Lipinski definition) is 4. The lowest BCUT2D eigenvalue weighted by molar-refractivity contribution is 0.145. The first-order valence-corrected chi connectivity index (χ1v) is 10.3. The van der Waals surface area contributed by atoms with Crippen LogP contribution in [-0.4, -0.2) is 49.2 Å². The predicted molar refractivity (Wildman–Crippen MR) is 118 cm³/mol. The number of aliphatic imine (C=N–C) groups is 1. The van der Waals surface area contributed by atoms with Crippen molar-refractivity contribution in [1.29, 1.82) is 0 Å². The van der Waals surface area contributed by atoms with Crippen LogP contribution in [0.15, 0.2) is 29.3 Å². The summed E-state index contributed by atoms with van der Waals surface area (Å²) in [7, 11) is 1.67. The van der Waals surface area contributed by atoms with Gasteiger partial charge in [0.2, 0.25) is 0 Å². The van der Waals surface area contributed by atoms with Crippen molar-refractivity contribution < 1.29 is 9.47 Å². The van der Waals surface area contributed by atoms with E-state index in [2.05, 4.69) is 65.5 Å². The van der Waals surface area contributed by atoms with Gasteiger partial charge in [0, 0.05) is 38.0 Å². The normalized spacial score (nSPS) is 11.6. The first-order chi connectivity index (χ1) is 14.0. The zero-order valence-corrected chi connectivity index (χ0v) is 18.4. The maximum absolute atomic E-state index is 5.87. The molecule has 0 aliphatic heterocycles. The SMILES string of the molecule is CCNC(=NCc1ccc(C)cc1OCCOC)NCCCn1nc(C)cc1C. The largest absolute Gasteiger partial charge is 0.491 e. The van der Waals surface area contributed by atoms with E-state index in [1.165, 1.54) is 11.3 Å². The molecule has 2 rings (SSSR count). The van der Waals surface area contributed by atoms with Crippen LogP contribution in [0.2, 0.25) is 0 Å². The van der Waals surface area contributed by atoms with Gasteiger partial charge < -0.3 is 20.1 Å². The van der Waals surface area contributed by atoms with Gasteiger partial charge in [0.05, 0.1) is 18.8 Å². The van der Waals surface area contributed by atoms with Crippen molar-refractivity contribution in [2.45, 2.75) is 47.2 Å².